The number of hydrogen-bond donors (Lipinski definition) is 3. The second-order valence-corrected chi connectivity index (χ2v) is 8.30. The van der Waals surface area contributed by atoms with E-state index in [2.05, 4.69) is 15.7 Å². The minimum Gasteiger partial charge on any atom is -0.507 e. The molecule has 4 rings (SSSR count). The first kappa shape index (κ1) is 20.7. The maximum Gasteiger partial charge on any atom is 0.342 e. The van der Waals surface area contributed by atoms with Gasteiger partial charge in [0, 0.05) is 28.8 Å². The number of carbonyl (C=O) groups excluding carboxylic acids is 2. The molecule has 0 saturated heterocycles. The number of amides is 2. The van der Waals surface area contributed by atoms with Crippen molar-refractivity contribution < 1.29 is 14.7 Å². The summed E-state index contributed by atoms with van der Waals surface area (Å²) in [6, 6.07) is 13.7. The first-order valence-electron chi connectivity index (χ1n) is 10.4. The Morgan fingerprint density at radius 2 is 1.81 bits per heavy atom. The second-order valence-electron chi connectivity index (χ2n) is 8.30. The molecule has 7 nitrogen and oxygen atoms in total. The third kappa shape index (κ3) is 4.60. The molecule has 0 bridgehead atoms. The van der Waals surface area contributed by atoms with E-state index in [0.717, 1.165) is 24.1 Å². The molecule has 0 radical (unpaired) electrons. The Balaban J connectivity index is 1.63. The number of hydrogen-bond acceptors (Lipinski definition) is 4. The smallest absolute Gasteiger partial charge is 0.342 e. The normalized spacial score (nSPS) is 13.3. The van der Waals surface area contributed by atoms with Crippen LogP contribution in [0.5, 0.6) is 5.75 Å². The number of nitrogens with zero attached hydrogens (tertiary/aromatic N) is 2. The van der Waals surface area contributed by atoms with Crippen LogP contribution in [0.25, 0.3) is 11.3 Å². The highest BCUT2D eigenvalue weighted by atomic mass is 16.3. The van der Waals surface area contributed by atoms with Gasteiger partial charge in [-0.3, -0.25) is 4.79 Å². The Hall–Kier alpha value is -3.61. The average Bonchev–Trinajstić information content (AvgIpc) is 3.47. The number of rotatable bonds is 5. The van der Waals surface area contributed by atoms with Gasteiger partial charge in [0.05, 0.1) is 11.4 Å². The van der Waals surface area contributed by atoms with Gasteiger partial charge in [-0.05, 0) is 70.0 Å². The summed E-state index contributed by atoms with van der Waals surface area (Å²) in [5.74, 6) is 0.0903. The number of anilines is 1. The predicted octanol–water partition coefficient (Wildman–Crippen LogP) is 4.66. The predicted molar refractivity (Wildman–Crippen MR) is 120 cm³/mol. The average molecular weight is 418 g/mol. The fraction of sp³-hybridized carbons (Fsp3) is 0.292. The summed E-state index contributed by atoms with van der Waals surface area (Å²) in [4.78, 5) is 25.2. The number of carbonyl (C=O) groups is 2. The van der Waals surface area contributed by atoms with Crippen LogP contribution in [0.2, 0.25) is 0 Å². The Labute approximate surface area is 181 Å². The third-order valence-corrected chi connectivity index (χ3v) is 5.18. The molecular weight excluding hydrogens is 392 g/mol. The van der Waals surface area contributed by atoms with Crippen molar-refractivity contribution in [3.05, 3.63) is 65.4 Å². The van der Waals surface area contributed by atoms with E-state index in [4.69, 9.17) is 0 Å². The highest BCUT2D eigenvalue weighted by Gasteiger charge is 2.31. The number of nitrogens with one attached hydrogen (secondary N) is 2. The third-order valence-electron chi connectivity index (χ3n) is 5.18. The van der Waals surface area contributed by atoms with Crippen LogP contribution in [-0.4, -0.2) is 32.9 Å². The quantitative estimate of drug-likeness (QED) is 0.525. The second kappa shape index (κ2) is 8.26. The van der Waals surface area contributed by atoms with Gasteiger partial charge in [0.25, 0.3) is 5.91 Å². The molecule has 1 aromatic heterocycles. The van der Waals surface area contributed by atoms with Gasteiger partial charge >= 0.3 is 6.03 Å². The first-order chi connectivity index (χ1) is 14.8. The summed E-state index contributed by atoms with van der Waals surface area (Å²) in [5.41, 5.74) is 3.94. The van der Waals surface area contributed by atoms with E-state index in [1.807, 2.05) is 39.0 Å². The van der Waals surface area contributed by atoms with E-state index in [-0.39, 0.29) is 23.7 Å². The van der Waals surface area contributed by atoms with Crippen LogP contribution in [0.15, 0.2) is 48.5 Å². The van der Waals surface area contributed by atoms with Crippen LogP contribution in [0.3, 0.4) is 0 Å². The minimum atomic E-state index is -0.286. The van der Waals surface area contributed by atoms with E-state index < -0.39 is 0 Å². The van der Waals surface area contributed by atoms with Crippen molar-refractivity contribution in [1.29, 1.82) is 0 Å². The molecule has 2 amide bonds. The Kier molecular flexibility index (Phi) is 5.50. The molecule has 2 aromatic carbocycles. The first-order valence-corrected chi connectivity index (χ1v) is 10.4. The van der Waals surface area contributed by atoms with Crippen molar-refractivity contribution in [1.82, 2.24) is 15.1 Å². The molecule has 1 saturated carbocycles. The van der Waals surface area contributed by atoms with Crippen LogP contribution >= 0.6 is 0 Å². The molecule has 0 spiro atoms. The minimum absolute atomic E-state index is 0.0130. The number of aromatic nitrogens is 2. The van der Waals surface area contributed by atoms with Crippen LogP contribution in [0.4, 0.5) is 10.5 Å². The maximum absolute atomic E-state index is 12.6. The fourth-order valence-corrected chi connectivity index (χ4v) is 3.39. The van der Waals surface area contributed by atoms with E-state index in [1.54, 1.807) is 24.3 Å². The zero-order valence-electron chi connectivity index (χ0n) is 17.8. The van der Waals surface area contributed by atoms with Crippen molar-refractivity contribution in [2.45, 2.75) is 45.6 Å². The van der Waals surface area contributed by atoms with Gasteiger partial charge in [0.2, 0.25) is 0 Å². The van der Waals surface area contributed by atoms with E-state index in [9.17, 15) is 14.7 Å². The lowest BCUT2D eigenvalue weighted by molar-refractivity contribution is 0.102. The number of aromatic hydroxyl groups is 1. The fourth-order valence-electron chi connectivity index (χ4n) is 3.39. The van der Waals surface area contributed by atoms with Gasteiger partial charge in [0.1, 0.15) is 5.75 Å². The van der Waals surface area contributed by atoms with Crippen LogP contribution in [-0.2, 0) is 0 Å². The highest BCUT2D eigenvalue weighted by Crippen LogP contribution is 2.42. The van der Waals surface area contributed by atoms with Gasteiger partial charge in [-0.1, -0.05) is 17.7 Å². The lowest BCUT2D eigenvalue weighted by Gasteiger charge is -2.10. The zero-order valence-corrected chi connectivity index (χ0v) is 17.8. The number of benzene rings is 2. The molecule has 3 aromatic rings. The SMILES string of the molecule is Cc1ccc(C(=O)Nc2ccc(O)c(-c3cc(C4CC4)n(C(=O)NC(C)C)n3)c2)cc1. The molecule has 1 fully saturated rings. The largest absolute Gasteiger partial charge is 0.507 e. The van der Waals surface area contributed by atoms with Gasteiger partial charge in [-0.2, -0.15) is 9.78 Å². The van der Waals surface area contributed by atoms with E-state index in [1.165, 1.54) is 10.7 Å². The van der Waals surface area contributed by atoms with Gasteiger partial charge in [-0.15, -0.1) is 0 Å². The molecule has 0 aliphatic heterocycles. The maximum atomic E-state index is 12.6. The van der Waals surface area contributed by atoms with Crippen LogP contribution in [0, 0.1) is 6.92 Å². The van der Waals surface area contributed by atoms with E-state index >= 15 is 0 Å². The van der Waals surface area contributed by atoms with Crippen LogP contribution in [0.1, 0.15) is 54.2 Å². The lowest BCUT2D eigenvalue weighted by Crippen LogP contribution is -2.35. The molecule has 3 N–H and O–H groups in total. The molecule has 31 heavy (non-hydrogen) atoms. The zero-order chi connectivity index (χ0) is 22.1. The molecule has 7 heteroatoms. The Morgan fingerprint density at radius 1 is 1.10 bits per heavy atom. The van der Waals surface area contributed by atoms with Crippen LogP contribution < -0.4 is 10.6 Å². The summed E-state index contributed by atoms with van der Waals surface area (Å²) < 4.78 is 1.39. The highest BCUT2D eigenvalue weighted by molar-refractivity contribution is 6.04. The molecule has 0 unspecified atom stereocenters. The Bertz CT molecular complexity index is 1130. The number of phenols is 1. The van der Waals surface area contributed by atoms with Gasteiger partial charge in [-0.25, -0.2) is 4.79 Å². The number of phenolic OH excluding ortho intramolecular Hbond substituents is 1. The summed E-state index contributed by atoms with van der Waals surface area (Å²) in [7, 11) is 0. The van der Waals surface area contributed by atoms with Gasteiger partial charge < -0.3 is 15.7 Å². The summed E-state index contributed by atoms with van der Waals surface area (Å²) in [5, 5.41) is 20.6. The molecular formula is C24H26N4O3. The van der Waals surface area contributed by atoms with Crippen molar-refractivity contribution in [2.24, 2.45) is 0 Å². The molecule has 160 valence electrons. The van der Waals surface area contributed by atoms with Gasteiger partial charge in [0.15, 0.2) is 0 Å². The topological polar surface area (TPSA) is 96.2 Å². The molecule has 1 heterocycles. The molecule has 1 aliphatic rings. The standard InChI is InChI=1S/C24H26N4O3/c1-14(2)25-24(31)28-21(16-8-9-16)13-20(27-28)19-12-18(10-11-22(19)29)26-23(30)17-6-4-15(3)5-7-17/h4-7,10-14,16,29H,8-9H2,1-3H3,(H,25,31)(H,26,30). The summed E-state index contributed by atoms with van der Waals surface area (Å²) in [6.45, 7) is 5.75. The van der Waals surface area contributed by atoms with Crippen molar-refractivity contribution in [3.8, 4) is 17.0 Å². The summed E-state index contributed by atoms with van der Waals surface area (Å²) in [6.07, 6.45) is 2.03. The number of aryl methyl sites for hydroxylation is 1. The van der Waals surface area contributed by atoms with Crippen molar-refractivity contribution in [2.75, 3.05) is 5.32 Å². The summed E-state index contributed by atoms with van der Waals surface area (Å²) >= 11 is 0. The molecule has 0 atom stereocenters. The van der Waals surface area contributed by atoms with E-state index in [0.29, 0.717) is 28.4 Å². The van der Waals surface area contributed by atoms with Crippen molar-refractivity contribution >= 4 is 17.6 Å². The molecule has 1 aliphatic carbocycles. The Morgan fingerprint density at radius 3 is 2.45 bits per heavy atom. The lowest BCUT2D eigenvalue weighted by atomic mass is 10.1. The van der Waals surface area contributed by atoms with Crippen molar-refractivity contribution in [3.63, 3.8) is 0 Å². The monoisotopic (exact) mass is 418 g/mol.